The number of ether oxygens (including phenoxy) is 1. The summed E-state index contributed by atoms with van der Waals surface area (Å²) in [7, 11) is 0. The van der Waals surface area contributed by atoms with Crippen LogP contribution in [0.2, 0.25) is 0 Å². The van der Waals surface area contributed by atoms with Crippen molar-refractivity contribution in [3.63, 3.8) is 0 Å². The van der Waals surface area contributed by atoms with Gasteiger partial charge in [-0.15, -0.1) is 0 Å². The molecule has 1 saturated carbocycles. The van der Waals surface area contributed by atoms with E-state index in [1.807, 2.05) is 4.90 Å². The van der Waals surface area contributed by atoms with Crippen molar-refractivity contribution in [1.29, 1.82) is 0 Å². The first-order valence-corrected chi connectivity index (χ1v) is 16.0. The van der Waals surface area contributed by atoms with E-state index in [0.717, 1.165) is 19.4 Å². The smallest absolute Gasteiger partial charge is 0.319 e. The number of phenols is 1. The van der Waals surface area contributed by atoms with Gasteiger partial charge in [-0.05, 0) is 78.6 Å². The Morgan fingerprint density at radius 3 is 2.83 bits per heavy atom. The number of carbonyl (C=O) groups is 1. The molecular formula is C34H34F3N5O4. The van der Waals surface area contributed by atoms with Gasteiger partial charge in [0.1, 0.15) is 41.4 Å². The van der Waals surface area contributed by atoms with Gasteiger partial charge in [0.15, 0.2) is 5.82 Å². The van der Waals surface area contributed by atoms with Crippen LogP contribution >= 0.6 is 0 Å². The molecule has 0 radical (unpaired) electrons. The van der Waals surface area contributed by atoms with Gasteiger partial charge in [-0.2, -0.15) is 9.97 Å². The molecule has 5 heterocycles. The van der Waals surface area contributed by atoms with Crippen LogP contribution in [0.4, 0.5) is 19.0 Å². The number of aromatic hydroxyl groups is 1. The van der Waals surface area contributed by atoms with Gasteiger partial charge in [0.05, 0.1) is 16.8 Å². The number of carboxylic acid groups (broad SMARTS) is 1. The van der Waals surface area contributed by atoms with Crippen LogP contribution in [-0.4, -0.2) is 80.5 Å². The zero-order valence-electron chi connectivity index (χ0n) is 25.3. The number of pyridine rings is 1. The molecule has 2 N–H and O–H groups in total. The van der Waals surface area contributed by atoms with E-state index in [-0.39, 0.29) is 47.0 Å². The lowest BCUT2D eigenvalue weighted by molar-refractivity contribution is -0.149. The van der Waals surface area contributed by atoms with Gasteiger partial charge in [0.25, 0.3) is 0 Å². The number of fused-ring (bicyclic) bond motifs is 4. The summed E-state index contributed by atoms with van der Waals surface area (Å²) in [4.78, 5) is 29.6. The van der Waals surface area contributed by atoms with Crippen LogP contribution in [0.25, 0.3) is 32.9 Å². The second-order valence-electron chi connectivity index (χ2n) is 13.4. The molecule has 0 bridgehead atoms. The van der Waals surface area contributed by atoms with E-state index < -0.39 is 35.2 Å². The third-order valence-electron chi connectivity index (χ3n) is 10.8. The minimum Gasteiger partial charge on any atom is -0.508 e. The summed E-state index contributed by atoms with van der Waals surface area (Å²) in [6, 6.07) is 5.70. The maximum atomic E-state index is 16.8. The number of hydrogen-bond acceptors (Lipinski definition) is 8. The number of hydrogen-bond donors (Lipinski definition) is 2. The predicted octanol–water partition coefficient (Wildman–Crippen LogP) is 5.50. The molecule has 5 atom stereocenters. The van der Waals surface area contributed by atoms with Crippen molar-refractivity contribution in [3.8, 4) is 23.0 Å². The summed E-state index contributed by atoms with van der Waals surface area (Å²) in [5.74, 6) is -2.05. The van der Waals surface area contributed by atoms with Crippen LogP contribution in [0.15, 0.2) is 30.5 Å². The molecule has 9 nitrogen and oxygen atoms in total. The monoisotopic (exact) mass is 633 g/mol. The summed E-state index contributed by atoms with van der Waals surface area (Å²) in [5, 5.41) is 21.5. The highest BCUT2D eigenvalue weighted by Gasteiger charge is 2.51. The van der Waals surface area contributed by atoms with Crippen LogP contribution < -0.4 is 9.64 Å². The first-order chi connectivity index (χ1) is 22.2. The lowest BCUT2D eigenvalue weighted by Gasteiger charge is -2.35. The first-order valence-electron chi connectivity index (χ1n) is 16.0. The number of anilines is 1. The number of aryl methyl sites for hydroxylation is 1. The second-order valence-corrected chi connectivity index (χ2v) is 13.4. The summed E-state index contributed by atoms with van der Waals surface area (Å²) >= 11 is 0. The fraction of sp³-hybridized carbons (Fsp3) is 0.471. The molecule has 12 heteroatoms. The molecule has 1 aliphatic carbocycles. The summed E-state index contributed by atoms with van der Waals surface area (Å²) in [5.41, 5.74) is -0.0151. The molecule has 240 valence electrons. The lowest BCUT2D eigenvalue weighted by atomic mass is 9.67. The number of carboxylic acids is 1. The quantitative estimate of drug-likeness (QED) is 0.272. The van der Waals surface area contributed by atoms with Gasteiger partial charge in [-0.1, -0.05) is 13.0 Å². The number of halogens is 3. The Bertz CT molecular complexity index is 1910. The Morgan fingerprint density at radius 1 is 1.17 bits per heavy atom. The van der Waals surface area contributed by atoms with E-state index in [2.05, 4.69) is 14.9 Å². The van der Waals surface area contributed by atoms with Crippen LogP contribution in [0.5, 0.6) is 11.8 Å². The molecule has 3 aliphatic heterocycles. The van der Waals surface area contributed by atoms with Crippen LogP contribution in [-0.2, 0) is 11.2 Å². The lowest BCUT2D eigenvalue weighted by Crippen LogP contribution is -2.43. The highest BCUT2D eigenvalue weighted by molar-refractivity contribution is 6.01. The number of aromatic nitrogens is 3. The Kier molecular flexibility index (Phi) is 6.79. The van der Waals surface area contributed by atoms with E-state index in [1.165, 1.54) is 24.4 Å². The summed E-state index contributed by atoms with van der Waals surface area (Å²) in [6.07, 6.45) is 3.51. The van der Waals surface area contributed by atoms with Crippen LogP contribution in [0, 0.1) is 29.4 Å². The molecule has 4 fully saturated rings. The Hall–Kier alpha value is -4.19. The first kappa shape index (κ1) is 29.2. The average molecular weight is 634 g/mol. The van der Waals surface area contributed by atoms with Crippen molar-refractivity contribution >= 4 is 33.5 Å². The predicted molar refractivity (Wildman–Crippen MR) is 165 cm³/mol. The minimum atomic E-state index is -0.944. The van der Waals surface area contributed by atoms with Crippen molar-refractivity contribution in [1.82, 2.24) is 19.9 Å². The average Bonchev–Trinajstić information content (AvgIpc) is 3.65. The van der Waals surface area contributed by atoms with Gasteiger partial charge in [-0.25, -0.2) is 13.2 Å². The molecule has 2 aromatic carbocycles. The summed E-state index contributed by atoms with van der Waals surface area (Å²) < 4.78 is 52.4. The van der Waals surface area contributed by atoms with Gasteiger partial charge in [-0.3, -0.25) is 14.7 Å². The molecule has 46 heavy (non-hydrogen) atoms. The second kappa shape index (κ2) is 10.7. The van der Waals surface area contributed by atoms with Crippen molar-refractivity contribution in [2.24, 2.45) is 17.8 Å². The maximum absolute atomic E-state index is 16.8. The number of aliphatic carboxylic acids is 1. The minimum absolute atomic E-state index is 0.0455. The normalized spacial score (nSPS) is 27.3. The number of alkyl halides is 1. The zero-order chi connectivity index (χ0) is 31.9. The van der Waals surface area contributed by atoms with Crippen molar-refractivity contribution < 1.29 is 32.9 Å². The van der Waals surface area contributed by atoms with Gasteiger partial charge in [0, 0.05) is 37.8 Å². The van der Waals surface area contributed by atoms with E-state index in [0.29, 0.717) is 66.4 Å². The molecule has 3 unspecified atom stereocenters. The molecule has 4 aliphatic rings. The third-order valence-corrected chi connectivity index (χ3v) is 10.8. The maximum Gasteiger partial charge on any atom is 0.319 e. The fourth-order valence-electron chi connectivity index (χ4n) is 8.56. The summed E-state index contributed by atoms with van der Waals surface area (Å²) in [6.45, 7) is 4.10. The number of phenolic OH excluding ortho intramolecular Hbond substituents is 1. The van der Waals surface area contributed by atoms with Crippen molar-refractivity contribution in [3.05, 3.63) is 47.7 Å². The molecule has 4 aromatic rings. The van der Waals surface area contributed by atoms with E-state index in [9.17, 15) is 23.8 Å². The van der Waals surface area contributed by atoms with Crippen LogP contribution in [0.1, 0.15) is 38.2 Å². The molecular weight excluding hydrogens is 599 g/mol. The fourth-order valence-corrected chi connectivity index (χ4v) is 8.56. The van der Waals surface area contributed by atoms with E-state index >= 15 is 4.39 Å². The van der Waals surface area contributed by atoms with Gasteiger partial charge < -0.3 is 19.8 Å². The van der Waals surface area contributed by atoms with Crippen molar-refractivity contribution in [2.75, 3.05) is 37.7 Å². The highest BCUT2D eigenvalue weighted by atomic mass is 19.1. The topological polar surface area (TPSA) is 112 Å². The zero-order valence-corrected chi connectivity index (χ0v) is 25.3. The van der Waals surface area contributed by atoms with E-state index in [1.54, 1.807) is 13.0 Å². The number of nitrogens with zero attached hydrogens (tertiary/aromatic N) is 5. The molecule has 2 aromatic heterocycles. The van der Waals surface area contributed by atoms with E-state index in [4.69, 9.17) is 9.72 Å². The van der Waals surface area contributed by atoms with Gasteiger partial charge in [0.2, 0.25) is 0 Å². The third kappa shape index (κ3) is 4.47. The molecule has 0 amide bonds. The number of rotatable bonds is 7. The highest BCUT2D eigenvalue weighted by Crippen LogP contribution is 2.48. The molecule has 8 rings (SSSR count). The van der Waals surface area contributed by atoms with Crippen LogP contribution in [0.3, 0.4) is 0 Å². The molecule has 3 saturated heterocycles. The standard InChI is InChI=1S/C34H34F3N5O4/c1-2-21-26(36)5-4-17-8-20(43)10-23(27(17)21)29-28(37)30-24(12-38-29)31(41-13-18-9-22(32(44)45)25(18)15-41)40-33(39-30)46-16-34-6-3-7-42(34)14-19(35)11-34/h4-5,8,10,12,18-19,22,25,43H,2-3,6-7,9,11,13-16H2,1H3,(H,44,45)/t18?,19-,22?,25?,34+/m1/s1. The van der Waals surface area contributed by atoms with Crippen molar-refractivity contribution in [2.45, 2.75) is 50.7 Å². The molecule has 0 spiro atoms. The largest absolute Gasteiger partial charge is 0.508 e. The Morgan fingerprint density at radius 2 is 2.02 bits per heavy atom. The Balaban J connectivity index is 1.25. The Labute approximate surface area is 263 Å². The SMILES string of the molecule is CCc1c(F)ccc2cc(O)cc(-c3ncc4c(N5CC6CC(C(=O)O)C6C5)nc(OC[C@@]56CCCN5C[C@H](F)C6)nc4c3F)c12. The number of benzene rings is 2. The van der Waals surface area contributed by atoms with Gasteiger partial charge >= 0.3 is 12.0 Å².